The normalized spacial score (nSPS) is 9.73. The van der Waals surface area contributed by atoms with E-state index in [1.807, 2.05) is 6.92 Å². The van der Waals surface area contributed by atoms with Gasteiger partial charge in [-0.25, -0.2) is 9.59 Å². The van der Waals surface area contributed by atoms with Crippen molar-refractivity contribution in [3.63, 3.8) is 0 Å². The van der Waals surface area contributed by atoms with Crippen molar-refractivity contribution in [3.8, 4) is 18.1 Å². The minimum atomic E-state index is -0.692. The van der Waals surface area contributed by atoms with Crippen molar-refractivity contribution in [2.75, 3.05) is 23.4 Å². The molecule has 0 radical (unpaired) electrons. The zero-order valence-corrected chi connectivity index (χ0v) is 14.8. The molecule has 134 valence electrons. The largest absolute Gasteiger partial charge is 0.436 e. The molecule has 0 aliphatic heterocycles. The third kappa shape index (κ3) is 5.43. The summed E-state index contributed by atoms with van der Waals surface area (Å²) in [5.41, 5.74) is 1.07. The molecule has 0 spiro atoms. The highest BCUT2D eigenvalue weighted by atomic mass is 35.5. The van der Waals surface area contributed by atoms with Crippen LogP contribution in [0.25, 0.3) is 0 Å². The van der Waals surface area contributed by atoms with Crippen LogP contribution in [0.5, 0.6) is 5.75 Å². The van der Waals surface area contributed by atoms with Gasteiger partial charge >= 0.3 is 12.2 Å². The van der Waals surface area contributed by atoms with Crippen molar-refractivity contribution in [1.82, 2.24) is 0 Å². The topological polar surface area (TPSA) is 67.9 Å². The molecule has 0 bridgehead atoms. The van der Waals surface area contributed by atoms with E-state index in [-0.39, 0.29) is 12.4 Å². The maximum Gasteiger partial charge on any atom is 0.419 e. The zero-order valence-electron chi connectivity index (χ0n) is 14.1. The second-order valence-electron chi connectivity index (χ2n) is 5.02. The quantitative estimate of drug-likeness (QED) is 0.782. The van der Waals surface area contributed by atoms with Gasteiger partial charge in [0.15, 0.2) is 6.61 Å². The molecule has 2 aromatic rings. The van der Waals surface area contributed by atoms with Gasteiger partial charge in [-0.3, -0.25) is 10.2 Å². The molecule has 0 atom stereocenters. The van der Waals surface area contributed by atoms with Gasteiger partial charge in [0.1, 0.15) is 5.75 Å². The molecule has 7 heteroatoms. The first-order valence-electron chi connectivity index (χ1n) is 7.75. The van der Waals surface area contributed by atoms with Crippen molar-refractivity contribution in [1.29, 1.82) is 0 Å². The number of rotatable bonds is 5. The lowest BCUT2D eigenvalue weighted by atomic mass is 10.3. The Kier molecular flexibility index (Phi) is 6.89. The van der Waals surface area contributed by atoms with Crippen molar-refractivity contribution < 1.29 is 19.1 Å². The van der Waals surface area contributed by atoms with E-state index >= 15 is 0 Å². The van der Waals surface area contributed by atoms with Crippen LogP contribution in [0.1, 0.15) is 6.92 Å². The molecule has 2 amide bonds. The maximum absolute atomic E-state index is 12.4. The third-order valence-electron chi connectivity index (χ3n) is 3.25. The van der Waals surface area contributed by atoms with Crippen LogP contribution in [0.4, 0.5) is 21.0 Å². The fourth-order valence-corrected chi connectivity index (χ4v) is 2.22. The van der Waals surface area contributed by atoms with Gasteiger partial charge in [-0.05, 0) is 43.3 Å². The highest BCUT2D eigenvalue weighted by molar-refractivity contribution is 6.30. The van der Waals surface area contributed by atoms with Crippen molar-refractivity contribution in [2.45, 2.75) is 6.92 Å². The number of hydrogen-bond donors (Lipinski definition) is 1. The second-order valence-corrected chi connectivity index (χ2v) is 5.46. The number of carbonyl (C=O) groups is 2. The second kappa shape index (κ2) is 9.35. The average Bonchev–Trinajstić information content (AvgIpc) is 2.62. The minimum Gasteiger partial charge on any atom is -0.436 e. The smallest absolute Gasteiger partial charge is 0.419 e. The summed E-state index contributed by atoms with van der Waals surface area (Å²) in [6.45, 7) is 2.11. The van der Waals surface area contributed by atoms with Crippen LogP contribution in [0.3, 0.4) is 0 Å². The Balaban J connectivity index is 2.06. The molecular formula is C19H17ClN2O4. The maximum atomic E-state index is 12.4. The lowest BCUT2D eigenvalue weighted by Crippen LogP contribution is -2.33. The van der Waals surface area contributed by atoms with E-state index in [2.05, 4.69) is 11.2 Å². The van der Waals surface area contributed by atoms with Crippen LogP contribution in [0.2, 0.25) is 5.02 Å². The van der Waals surface area contributed by atoms with Gasteiger partial charge in [0.2, 0.25) is 0 Å². The Hall–Kier alpha value is -3.17. The van der Waals surface area contributed by atoms with Crippen LogP contribution in [-0.4, -0.2) is 25.3 Å². The molecule has 0 aromatic heterocycles. The van der Waals surface area contributed by atoms with Gasteiger partial charge in [-0.1, -0.05) is 23.6 Å². The summed E-state index contributed by atoms with van der Waals surface area (Å²) in [6.07, 6.45) is 3.78. The summed E-state index contributed by atoms with van der Waals surface area (Å²) in [5.74, 6) is 2.47. The minimum absolute atomic E-state index is 0.132. The summed E-state index contributed by atoms with van der Waals surface area (Å²) in [5, 5.41) is 3.07. The molecule has 0 aliphatic carbocycles. The highest BCUT2D eigenvalue weighted by Gasteiger charge is 2.16. The fourth-order valence-electron chi connectivity index (χ4n) is 2.09. The zero-order chi connectivity index (χ0) is 18.9. The Morgan fingerprint density at radius 2 is 1.96 bits per heavy atom. The molecule has 0 heterocycles. The first-order chi connectivity index (χ1) is 12.5. The van der Waals surface area contributed by atoms with E-state index in [4.69, 9.17) is 27.5 Å². The fraction of sp³-hybridized carbons (Fsp3) is 0.158. The molecule has 0 saturated carbocycles. The number of anilines is 2. The number of benzene rings is 2. The van der Waals surface area contributed by atoms with Gasteiger partial charge in [-0.15, -0.1) is 6.42 Å². The third-order valence-corrected chi connectivity index (χ3v) is 3.50. The number of halogens is 1. The van der Waals surface area contributed by atoms with Crippen molar-refractivity contribution in [2.24, 2.45) is 0 Å². The van der Waals surface area contributed by atoms with Crippen molar-refractivity contribution >= 4 is 35.2 Å². The van der Waals surface area contributed by atoms with E-state index in [9.17, 15) is 9.59 Å². The van der Waals surface area contributed by atoms with Crippen LogP contribution in [0.15, 0.2) is 48.5 Å². The van der Waals surface area contributed by atoms with E-state index in [0.717, 1.165) is 0 Å². The van der Waals surface area contributed by atoms with E-state index in [1.165, 1.54) is 11.0 Å². The molecule has 2 aromatic carbocycles. The number of terminal acetylenes is 1. The highest BCUT2D eigenvalue weighted by Crippen LogP contribution is 2.22. The number of nitrogens with one attached hydrogen (secondary N) is 1. The molecule has 0 aliphatic rings. The lowest BCUT2D eigenvalue weighted by Gasteiger charge is -2.20. The first kappa shape index (κ1) is 19.2. The van der Waals surface area contributed by atoms with E-state index in [1.54, 1.807) is 42.5 Å². The molecule has 0 fully saturated rings. The Morgan fingerprint density at radius 3 is 2.62 bits per heavy atom. The predicted molar refractivity (Wildman–Crippen MR) is 101 cm³/mol. The summed E-state index contributed by atoms with van der Waals surface area (Å²) in [4.78, 5) is 25.4. The number of nitrogens with zero attached hydrogens (tertiary/aromatic N) is 1. The summed E-state index contributed by atoms with van der Waals surface area (Å²) in [7, 11) is 0. The van der Waals surface area contributed by atoms with Gasteiger partial charge in [-0.2, -0.15) is 0 Å². The Bertz CT molecular complexity index is 815. The monoisotopic (exact) mass is 372 g/mol. The number of carbonyl (C=O) groups excluding carboxylic acids is 2. The van der Waals surface area contributed by atoms with Crippen molar-refractivity contribution in [3.05, 3.63) is 53.6 Å². The number of amides is 2. The molecule has 0 saturated heterocycles. The predicted octanol–water partition coefficient (Wildman–Crippen LogP) is 4.55. The Labute approximate surface area is 156 Å². The van der Waals surface area contributed by atoms with Gasteiger partial charge in [0, 0.05) is 29.0 Å². The standard InChI is InChI=1S/C19H17ClN2O4/c1-3-12-25-18(23)21-15-6-5-7-17(13-15)26-19(24)22(4-2)16-10-8-14(20)9-11-16/h1,5-11,13H,4,12H2,2H3,(H,21,23). The molecular weight excluding hydrogens is 356 g/mol. The summed E-state index contributed by atoms with van der Waals surface area (Å²) in [6, 6.07) is 13.2. The number of ether oxygens (including phenoxy) is 2. The van der Waals surface area contributed by atoms with Crippen LogP contribution in [-0.2, 0) is 4.74 Å². The molecule has 2 rings (SSSR count). The summed E-state index contributed by atoms with van der Waals surface area (Å²) >= 11 is 5.87. The number of hydrogen-bond acceptors (Lipinski definition) is 4. The van der Waals surface area contributed by atoms with Gasteiger partial charge in [0.25, 0.3) is 0 Å². The van der Waals surface area contributed by atoms with E-state index < -0.39 is 12.2 Å². The van der Waals surface area contributed by atoms with Crippen LogP contribution >= 0.6 is 11.6 Å². The molecule has 6 nitrogen and oxygen atoms in total. The molecule has 0 unspecified atom stereocenters. The SMILES string of the molecule is C#CCOC(=O)Nc1cccc(OC(=O)N(CC)c2ccc(Cl)cc2)c1. The van der Waals surface area contributed by atoms with Gasteiger partial charge in [0.05, 0.1) is 0 Å². The molecule has 26 heavy (non-hydrogen) atoms. The molecule has 1 N–H and O–H groups in total. The van der Waals surface area contributed by atoms with Gasteiger partial charge < -0.3 is 9.47 Å². The van der Waals surface area contributed by atoms with Crippen LogP contribution < -0.4 is 15.0 Å². The van der Waals surface area contributed by atoms with E-state index in [0.29, 0.717) is 22.9 Å². The summed E-state index contributed by atoms with van der Waals surface area (Å²) < 4.78 is 10.1. The van der Waals surface area contributed by atoms with Crippen LogP contribution in [0, 0.1) is 12.3 Å². The Morgan fingerprint density at radius 1 is 1.23 bits per heavy atom. The average molecular weight is 373 g/mol. The lowest BCUT2D eigenvalue weighted by molar-refractivity contribution is 0.176. The first-order valence-corrected chi connectivity index (χ1v) is 8.13.